The maximum absolute atomic E-state index is 12.6. The van der Waals surface area contributed by atoms with E-state index in [0.29, 0.717) is 12.0 Å². The van der Waals surface area contributed by atoms with Crippen LogP contribution in [0, 0.1) is 5.92 Å². The highest BCUT2D eigenvalue weighted by atomic mass is 35.5. The molecule has 1 aromatic rings. The van der Waals surface area contributed by atoms with Gasteiger partial charge >= 0.3 is 0 Å². The smallest absolute Gasteiger partial charge is 0.249 e. The average Bonchev–Trinajstić information content (AvgIpc) is 3.26. The molecule has 0 saturated heterocycles. The van der Waals surface area contributed by atoms with Crippen molar-refractivity contribution < 1.29 is 4.79 Å². The summed E-state index contributed by atoms with van der Waals surface area (Å²) < 4.78 is 0. The molecule has 2 heterocycles. The summed E-state index contributed by atoms with van der Waals surface area (Å²) in [5, 5.41) is 0.231. The van der Waals surface area contributed by atoms with Crippen LogP contribution in [-0.2, 0) is 4.79 Å². The topological polar surface area (TPSA) is 49.3 Å². The van der Waals surface area contributed by atoms with E-state index in [4.69, 9.17) is 11.6 Å². The van der Waals surface area contributed by atoms with Gasteiger partial charge in [-0.25, -0.2) is 4.98 Å². The first-order valence-corrected chi connectivity index (χ1v) is 7.50. The zero-order valence-electron chi connectivity index (χ0n) is 12.0. The Morgan fingerprint density at radius 1 is 1.50 bits per heavy atom. The summed E-state index contributed by atoms with van der Waals surface area (Å²) in [7, 11) is 1.78. The van der Waals surface area contributed by atoms with E-state index in [2.05, 4.69) is 21.8 Å². The van der Waals surface area contributed by atoms with Gasteiger partial charge in [-0.2, -0.15) is 4.98 Å². The van der Waals surface area contributed by atoms with Gasteiger partial charge in [-0.15, -0.1) is 0 Å². The van der Waals surface area contributed by atoms with E-state index in [1.807, 2.05) is 6.92 Å². The average molecular weight is 295 g/mol. The summed E-state index contributed by atoms with van der Waals surface area (Å²) in [6, 6.07) is 0.149. The van der Waals surface area contributed by atoms with Crippen molar-refractivity contribution in [3.05, 3.63) is 11.5 Å². The van der Waals surface area contributed by atoms with Gasteiger partial charge in [0.25, 0.3) is 0 Å². The highest BCUT2D eigenvalue weighted by Crippen LogP contribution is 2.42. The van der Waals surface area contributed by atoms with Gasteiger partial charge < -0.3 is 9.80 Å². The van der Waals surface area contributed by atoms with Crippen LogP contribution < -0.4 is 9.80 Å². The molecule has 0 aromatic carbocycles. The number of aromatic nitrogens is 2. The summed E-state index contributed by atoms with van der Waals surface area (Å²) in [5.74, 6) is 1.55. The van der Waals surface area contributed by atoms with Crippen LogP contribution in [-0.4, -0.2) is 35.0 Å². The van der Waals surface area contributed by atoms with Crippen LogP contribution >= 0.6 is 11.6 Å². The molecule has 1 aliphatic carbocycles. The Kier molecular flexibility index (Phi) is 3.32. The molecule has 2 aliphatic rings. The lowest BCUT2D eigenvalue weighted by Crippen LogP contribution is -2.56. The van der Waals surface area contributed by atoms with Crippen molar-refractivity contribution in [1.82, 2.24) is 9.97 Å². The van der Waals surface area contributed by atoms with Crippen molar-refractivity contribution in [3.63, 3.8) is 0 Å². The predicted molar refractivity (Wildman–Crippen MR) is 79.2 cm³/mol. The number of rotatable bonds is 3. The van der Waals surface area contributed by atoms with Crippen LogP contribution in [0.4, 0.5) is 11.5 Å². The Hall–Kier alpha value is -1.36. The Morgan fingerprint density at radius 2 is 2.20 bits per heavy atom. The van der Waals surface area contributed by atoms with Gasteiger partial charge in [0.15, 0.2) is 5.82 Å². The minimum absolute atomic E-state index is 0.110. The largest absolute Gasteiger partial charge is 0.340 e. The van der Waals surface area contributed by atoms with Crippen LogP contribution in [0.1, 0.15) is 33.1 Å². The Bertz CT molecular complexity index is 546. The number of nitrogens with zero attached hydrogens (tertiary/aromatic N) is 4. The number of hydrogen-bond donors (Lipinski definition) is 0. The maximum atomic E-state index is 12.6. The summed E-state index contributed by atoms with van der Waals surface area (Å²) in [6.45, 7) is 4.22. The van der Waals surface area contributed by atoms with E-state index in [9.17, 15) is 4.79 Å². The fourth-order valence-corrected chi connectivity index (χ4v) is 3.16. The van der Waals surface area contributed by atoms with Crippen molar-refractivity contribution >= 4 is 29.0 Å². The molecular weight excluding hydrogens is 276 g/mol. The molecule has 0 radical (unpaired) electrons. The molecule has 20 heavy (non-hydrogen) atoms. The lowest BCUT2D eigenvalue weighted by atomic mass is 10.0. The zero-order chi connectivity index (χ0) is 14.4. The van der Waals surface area contributed by atoms with E-state index in [1.54, 1.807) is 18.1 Å². The third kappa shape index (κ3) is 2.04. The maximum Gasteiger partial charge on any atom is 0.249 e. The van der Waals surface area contributed by atoms with Gasteiger partial charge in [-0.3, -0.25) is 4.79 Å². The lowest BCUT2D eigenvalue weighted by molar-refractivity contribution is -0.120. The first-order chi connectivity index (χ1) is 9.54. The minimum Gasteiger partial charge on any atom is -0.340 e. The third-order valence-corrected chi connectivity index (χ3v) is 4.59. The van der Waals surface area contributed by atoms with E-state index in [0.717, 1.165) is 17.9 Å². The van der Waals surface area contributed by atoms with E-state index >= 15 is 0 Å². The molecule has 5 nitrogen and oxygen atoms in total. The van der Waals surface area contributed by atoms with Crippen molar-refractivity contribution in [3.8, 4) is 0 Å². The number of likely N-dealkylation sites (N-methyl/N-ethyl adjacent to an activating group) is 1. The molecule has 1 saturated carbocycles. The van der Waals surface area contributed by atoms with Crippen LogP contribution in [0.25, 0.3) is 0 Å². The molecule has 0 bridgehead atoms. The van der Waals surface area contributed by atoms with Gasteiger partial charge in [0.1, 0.15) is 11.7 Å². The van der Waals surface area contributed by atoms with Crippen LogP contribution in [0.2, 0.25) is 5.28 Å². The van der Waals surface area contributed by atoms with E-state index in [1.165, 1.54) is 12.8 Å². The predicted octanol–water partition coefficient (Wildman–Crippen LogP) is 2.49. The Labute approximate surface area is 123 Å². The molecule has 1 aromatic heterocycles. The number of amides is 1. The number of carbonyl (C=O) groups is 1. The molecule has 1 aliphatic heterocycles. The van der Waals surface area contributed by atoms with Gasteiger partial charge in [-0.1, -0.05) is 6.92 Å². The highest BCUT2D eigenvalue weighted by Gasteiger charge is 2.43. The molecule has 0 N–H and O–H groups in total. The molecule has 0 spiro atoms. The Balaban J connectivity index is 2.10. The molecule has 6 heteroatoms. The molecule has 108 valence electrons. The first-order valence-electron chi connectivity index (χ1n) is 7.13. The van der Waals surface area contributed by atoms with Gasteiger partial charge in [0.05, 0.1) is 6.20 Å². The van der Waals surface area contributed by atoms with Crippen LogP contribution in [0.5, 0.6) is 0 Å². The van der Waals surface area contributed by atoms with Crippen molar-refractivity contribution in [2.45, 2.75) is 45.2 Å². The first kappa shape index (κ1) is 13.6. The summed E-state index contributed by atoms with van der Waals surface area (Å²) >= 11 is 5.96. The van der Waals surface area contributed by atoms with Gasteiger partial charge in [0, 0.05) is 13.1 Å². The second kappa shape index (κ2) is 4.88. The second-order valence-electron chi connectivity index (χ2n) is 5.65. The standard InChI is InChI=1S/C14H19ClN4O/c1-4-10-13(20)18(3)11-7-16-14(15)17-12(11)19(10)8(2)9-5-6-9/h7-10H,4-6H2,1-3H3/t8?,10-/m1/s1. The molecule has 1 fully saturated rings. The van der Waals surface area contributed by atoms with E-state index < -0.39 is 0 Å². The number of halogens is 1. The lowest BCUT2D eigenvalue weighted by Gasteiger charge is -2.43. The summed E-state index contributed by atoms with van der Waals surface area (Å²) in [5.41, 5.74) is 0.747. The van der Waals surface area contributed by atoms with Crippen LogP contribution in [0.3, 0.4) is 0 Å². The van der Waals surface area contributed by atoms with Crippen molar-refractivity contribution in [2.75, 3.05) is 16.8 Å². The molecular formula is C14H19ClN4O. The molecule has 1 unspecified atom stereocenters. The molecule has 2 atom stereocenters. The van der Waals surface area contributed by atoms with Gasteiger partial charge in [0.2, 0.25) is 11.2 Å². The van der Waals surface area contributed by atoms with Gasteiger partial charge in [-0.05, 0) is 43.7 Å². The second-order valence-corrected chi connectivity index (χ2v) is 5.99. The quantitative estimate of drug-likeness (QED) is 0.804. The molecule has 1 amide bonds. The fourth-order valence-electron chi connectivity index (χ4n) is 3.03. The zero-order valence-corrected chi connectivity index (χ0v) is 12.8. The Morgan fingerprint density at radius 3 is 2.80 bits per heavy atom. The monoisotopic (exact) mass is 294 g/mol. The van der Waals surface area contributed by atoms with Crippen molar-refractivity contribution in [2.24, 2.45) is 5.92 Å². The summed E-state index contributed by atoms with van der Waals surface area (Å²) in [4.78, 5) is 24.8. The van der Waals surface area contributed by atoms with E-state index in [-0.39, 0.29) is 17.2 Å². The molecule has 3 rings (SSSR count). The number of fused-ring (bicyclic) bond motifs is 1. The number of anilines is 2. The minimum atomic E-state index is -0.158. The fraction of sp³-hybridized carbons (Fsp3) is 0.643. The van der Waals surface area contributed by atoms with Crippen LogP contribution in [0.15, 0.2) is 6.20 Å². The highest BCUT2D eigenvalue weighted by molar-refractivity contribution is 6.28. The van der Waals surface area contributed by atoms with Crippen molar-refractivity contribution in [1.29, 1.82) is 0 Å². The number of hydrogen-bond acceptors (Lipinski definition) is 4. The SMILES string of the molecule is CC[C@@H]1C(=O)N(C)c2cnc(Cl)nc2N1C(C)C1CC1. The number of carbonyl (C=O) groups excluding carboxylic acids is 1. The normalized spacial score (nSPS) is 23.8. The summed E-state index contributed by atoms with van der Waals surface area (Å²) in [6.07, 6.45) is 4.86. The third-order valence-electron chi connectivity index (χ3n) is 4.41.